The molecule has 0 spiro atoms. The molecule has 4 rings (SSSR count). The lowest BCUT2D eigenvalue weighted by molar-refractivity contribution is -0.123. The van der Waals surface area contributed by atoms with Crippen LogP contribution < -0.4 is 18.9 Å². The molecule has 2 amide bonds. The number of hydrogen-bond donors (Lipinski definition) is 0. The van der Waals surface area contributed by atoms with Crippen molar-refractivity contribution in [2.75, 3.05) is 20.0 Å². The Balaban J connectivity index is 1.58. The fourth-order valence-corrected chi connectivity index (χ4v) is 4.88. The normalized spacial score (nSPS) is 16.0. The predicted octanol–water partition coefficient (Wildman–Crippen LogP) is 6.03. The first-order chi connectivity index (χ1) is 15.9. The van der Waals surface area contributed by atoms with Crippen molar-refractivity contribution in [2.45, 2.75) is 13.5 Å². The van der Waals surface area contributed by atoms with Crippen LogP contribution in [-0.2, 0) is 11.3 Å². The molecule has 0 aliphatic carbocycles. The molecule has 0 bridgehead atoms. The third-order valence-electron chi connectivity index (χ3n) is 4.72. The van der Waals surface area contributed by atoms with Crippen LogP contribution in [0.15, 0.2) is 46.3 Å². The van der Waals surface area contributed by atoms with Gasteiger partial charge in [0.25, 0.3) is 11.1 Å². The Labute approximate surface area is 208 Å². The zero-order chi connectivity index (χ0) is 23.5. The van der Waals surface area contributed by atoms with Crippen LogP contribution in [0, 0.1) is 0 Å². The lowest BCUT2D eigenvalue weighted by Crippen LogP contribution is -2.27. The van der Waals surface area contributed by atoms with Crippen molar-refractivity contribution >= 4 is 56.5 Å². The monoisotopic (exact) mass is 551 g/mol. The second-order valence-electron chi connectivity index (χ2n) is 6.93. The van der Waals surface area contributed by atoms with Gasteiger partial charge in [0.05, 0.1) is 22.5 Å². The number of carbonyl (C=O) groups excluding carboxylic acids is 2. The Morgan fingerprint density at radius 3 is 2.70 bits per heavy atom. The van der Waals surface area contributed by atoms with Gasteiger partial charge in [-0.1, -0.05) is 24.3 Å². The molecule has 7 nitrogen and oxygen atoms in total. The Kier molecular flexibility index (Phi) is 7.21. The van der Waals surface area contributed by atoms with Crippen molar-refractivity contribution in [2.24, 2.45) is 0 Å². The number of benzene rings is 2. The van der Waals surface area contributed by atoms with E-state index in [-0.39, 0.29) is 18.6 Å². The third-order valence-corrected chi connectivity index (χ3v) is 6.57. The van der Waals surface area contributed by atoms with Gasteiger partial charge in [-0.05, 0) is 70.0 Å². The first-order valence-corrected chi connectivity index (χ1v) is 11.9. The van der Waals surface area contributed by atoms with Crippen molar-refractivity contribution in [3.05, 3.63) is 62.4 Å². The fraction of sp³-hybridized carbons (Fsp3) is 0.217. The van der Waals surface area contributed by atoms with Crippen molar-refractivity contribution in [1.29, 1.82) is 0 Å². The minimum Gasteiger partial charge on any atom is -0.490 e. The molecule has 33 heavy (non-hydrogen) atoms. The topological polar surface area (TPSA) is 74.3 Å². The minimum absolute atomic E-state index is 0.0275. The summed E-state index contributed by atoms with van der Waals surface area (Å²) in [7, 11) is 0. The van der Waals surface area contributed by atoms with E-state index in [9.17, 15) is 9.59 Å². The van der Waals surface area contributed by atoms with E-state index in [1.165, 1.54) is 0 Å². The van der Waals surface area contributed by atoms with Crippen LogP contribution in [0.5, 0.6) is 23.0 Å². The molecule has 2 heterocycles. The summed E-state index contributed by atoms with van der Waals surface area (Å²) in [6.07, 6.45) is 3.29. The summed E-state index contributed by atoms with van der Waals surface area (Å²) in [5, 5.41) is 0.0118. The Morgan fingerprint density at radius 2 is 1.97 bits per heavy atom. The Morgan fingerprint density at radius 1 is 1.21 bits per heavy atom. The molecule has 2 aromatic rings. The van der Waals surface area contributed by atoms with Crippen molar-refractivity contribution in [1.82, 2.24) is 4.90 Å². The first-order valence-electron chi connectivity index (χ1n) is 9.94. The van der Waals surface area contributed by atoms with E-state index < -0.39 is 5.91 Å². The maximum atomic E-state index is 13.0. The van der Waals surface area contributed by atoms with E-state index in [1.54, 1.807) is 36.4 Å². The van der Waals surface area contributed by atoms with E-state index >= 15 is 0 Å². The van der Waals surface area contributed by atoms with Gasteiger partial charge in [0.2, 0.25) is 6.79 Å². The number of amides is 2. The van der Waals surface area contributed by atoms with Gasteiger partial charge in [-0.3, -0.25) is 14.5 Å². The summed E-state index contributed by atoms with van der Waals surface area (Å²) in [6, 6.07) is 6.86. The van der Waals surface area contributed by atoms with Crippen LogP contribution in [0.25, 0.3) is 6.08 Å². The number of carbonyl (C=O) groups is 2. The zero-order valence-corrected chi connectivity index (χ0v) is 20.7. The Bertz CT molecular complexity index is 1170. The summed E-state index contributed by atoms with van der Waals surface area (Å²) in [6.45, 7) is 6.41. The molecule has 1 saturated heterocycles. The number of hydrogen-bond acceptors (Lipinski definition) is 7. The van der Waals surface area contributed by atoms with Crippen LogP contribution in [-0.4, -0.2) is 36.1 Å². The summed E-state index contributed by atoms with van der Waals surface area (Å²) in [4.78, 5) is 27.1. The Hall–Kier alpha value is -2.62. The van der Waals surface area contributed by atoms with Crippen LogP contribution >= 0.6 is 39.3 Å². The number of thioether (sulfide) groups is 1. The van der Waals surface area contributed by atoms with Gasteiger partial charge in [0.15, 0.2) is 23.0 Å². The van der Waals surface area contributed by atoms with Gasteiger partial charge in [-0.25, -0.2) is 0 Å². The molecule has 0 atom stereocenters. The number of rotatable bonds is 8. The zero-order valence-electron chi connectivity index (χ0n) is 17.6. The molecule has 2 aromatic carbocycles. The number of halogens is 2. The molecule has 0 unspecified atom stereocenters. The van der Waals surface area contributed by atoms with Crippen LogP contribution in [0.3, 0.4) is 0 Å². The lowest BCUT2D eigenvalue weighted by atomic mass is 10.1. The van der Waals surface area contributed by atoms with E-state index in [2.05, 4.69) is 22.5 Å². The molecule has 10 heteroatoms. The summed E-state index contributed by atoms with van der Waals surface area (Å²) < 4.78 is 22.7. The highest BCUT2D eigenvalue weighted by molar-refractivity contribution is 9.10. The minimum atomic E-state index is -0.403. The van der Waals surface area contributed by atoms with Crippen LogP contribution in [0.4, 0.5) is 4.79 Å². The highest BCUT2D eigenvalue weighted by atomic mass is 79.9. The number of ether oxygens (including phenoxy) is 4. The quantitative estimate of drug-likeness (QED) is 0.292. The van der Waals surface area contributed by atoms with E-state index in [0.717, 1.165) is 16.7 Å². The molecule has 2 aliphatic heterocycles. The molecule has 1 fully saturated rings. The smallest absolute Gasteiger partial charge is 0.293 e. The summed E-state index contributed by atoms with van der Waals surface area (Å²) >= 11 is 10.7. The van der Waals surface area contributed by atoms with Crippen LogP contribution in [0.1, 0.15) is 18.1 Å². The molecule has 0 radical (unpaired) electrons. The second kappa shape index (κ2) is 10.1. The second-order valence-corrected chi connectivity index (χ2v) is 9.18. The first kappa shape index (κ1) is 23.5. The SMILES string of the molecule is C=CCOc1c(Br)cc(/C=C2\SC(=O)N(Cc3cc4c(cc3Cl)OCO4)C2=O)cc1OCC. The molecular weight excluding hydrogens is 534 g/mol. The van der Waals surface area contributed by atoms with Crippen molar-refractivity contribution in [3.63, 3.8) is 0 Å². The van der Waals surface area contributed by atoms with Crippen molar-refractivity contribution in [3.8, 4) is 23.0 Å². The number of nitrogens with zero attached hydrogens (tertiary/aromatic N) is 1. The maximum absolute atomic E-state index is 13.0. The largest absolute Gasteiger partial charge is 0.490 e. The summed E-state index contributed by atoms with van der Waals surface area (Å²) in [5.74, 6) is 1.73. The molecule has 2 aliphatic rings. The predicted molar refractivity (Wildman–Crippen MR) is 130 cm³/mol. The van der Waals surface area contributed by atoms with Crippen molar-refractivity contribution < 1.29 is 28.5 Å². The summed E-state index contributed by atoms with van der Waals surface area (Å²) in [5.41, 5.74) is 1.28. The number of fused-ring (bicyclic) bond motifs is 1. The average Bonchev–Trinajstić information content (AvgIpc) is 3.32. The van der Waals surface area contributed by atoms with Gasteiger partial charge < -0.3 is 18.9 Å². The highest BCUT2D eigenvalue weighted by Crippen LogP contribution is 2.41. The standard InChI is InChI=1S/C23H19BrClNO6S/c1-3-5-30-21-15(24)6-13(7-19(21)29-4-2)8-20-22(27)26(23(28)33-20)11-14-9-17-18(10-16(14)25)32-12-31-17/h3,6-10H,1,4-5,11-12H2,2H3/b20-8-. The van der Waals surface area contributed by atoms with Gasteiger partial charge in [0, 0.05) is 11.1 Å². The van der Waals surface area contributed by atoms with Gasteiger partial charge in [-0.2, -0.15) is 0 Å². The van der Waals surface area contributed by atoms with Crippen LogP contribution in [0.2, 0.25) is 5.02 Å². The maximum Gasteiger partial charge on any atom is 0.293 e. The lowest BCUT2D eigenvalue weighted by Gasteiger charge is -2.14. The third kappa shape index (κ3) is 5.00. The molecule has 0 saturated carbocycles. The molecule has 0 N–H and O–H groups in total. The van der Waals surface area contributed by atoms with Gasteiger partial charge in [-0.15, -0.1) is 0 Å². The van der Waals surface area contributed by atoms with Gasteiger partial charge >= 0.3 is 0 Å². The highest BCUT2D eigenvalue weighted by Gasteiger charge is 2.36. The number of imide groups is 1. The fourth-order valence-electron chi connectivity index (χ4n) is 3.25. The van der Waals surface area contributed by atoms with Gasteiger partial charge in [0.1, 0.15) is 6.61 Å². The average molecular weight is 553 g/mol. The molecule has 0 aromatic heterocycles. The van der Waals surface area contributed by atoms with E-state index in [0.29, 0.717) is 61.7 Å². The molecule has 172 valence electrons. The van der Waals surface area contributed by atoms with E-state index in [1.807, 2.05) is 6.92 Å². The van der Waals surface area contributed by atoms with E-state index in [4.69, 9.17) is 30.5 Å². The molecular formula is C23H19BrClNO6S.